The van der Waals surface area contributed by atoms with Gasteiger partial charge in [0.1, 0.15) is 5.69 Å². The summed E-state index contributed by atoms with van der Waals surface area (Å²) in [6.07, 6.45) is -7.51. The van der Waals surface area contributed by atoms with Crippen molar-refractivity contribution in [2.75, 3.05) is 5.32 Å². The number of aromatic nitrogens is 3. The van der Waals surface area contributed by atoms with Crippen molar-refractivity contribution < 1.29 is 31.1 Å². The second-order valence-electron chi connectivity index (χ2n) is 5.71. The minimum absolute atomic E-state index is 0.0676. The van der Waals surface area contributed by atoms with Crippen LogP contribution in [0.3, 0.4) is 0 Å². The predicted octanol–water partition coefficient (Wildman–Crippen LogP) is 5.21. The molecule has 2 heterocycles. The van der Waals surface area contributed by atoms with Gasteiger partial charge in [0.2, 0.25) is 0 Å². The molecule has 1 N–H and O–H groups in total. The smallest absolute Gasteiger partial charge is 0.322 e. The van der Waals surface area contributed by atoms with Crippen LogP contribution in [0.2, 0.25) is 5.02 Å². The van der Waals surface area contributed by atoms with Gasteiger partial charge in [-0.1, -0.05) is 11.6 Å². The lowest BCUT2D eigenvalue weighted by atomic mass is 10.2. The summed E-state index contributed by atoms with van der Waals surface area (Å²) in [5.74, 6) is -0.581. The first-order chi connectivity index (χ1) is 13.4. The fourth-order valence-corrected chi connectivity index (χ4v) is 2.52. The Morgan fingerprint density at radius 1 is 0.966 bits per heavy atom. The lowest BCUT2D eigenvalue weighted by Gasteiger charge is -2.11. The number of anilines is 1. The molecule has 0 saturated carbocycles. The predicted molar refractivity (Wildman–Crippen MR) is 90.8 cm³/mol. The van der Waals surface area contributed by atoms with Gasteiger partial charge in [-0.05, 0) is 30.3 Å². The average Bonchev–Trinajstić information content (AvgIpc) is 3.08. The van der Waals surface area contributed by atoms with Crippen LogP contribution in [-0.2, 0) is 12.4 Å². The number of pyridine rings is 1. The van der Waals surface area contributed by atoms with Gasteiger partial charge in [-0.15, -0.1) is 0 Å². The Morgan fingerprint density at radius 2 is 1.62 bits per heavy atom. The normalized spacial score (nSPS) is 12.1. The zero-order chi connectivity index (χ0) is 21.4. The Labute approximate surface area is 163 Å². The third kappa shape index (κ3) is 4.67. The highest BCUT2D eigenvalue weighted by Gasteiger charge is 2.42. The maximum absolute atomic E-state index is 13.1. The Hall–Kier alpha value is -3.08. The summed E-state index contributed by atoms with van der Waals surface area (Å²) in [5.41, 5.74) is -3.18. The third-order valence-corrected chi connectivity index (χ3v) is 3.83. The molecular weight excluding hydrogens is 426 g/mol. The Balaban J connectivity index is 1.89. The minimum Gasteiger partial charge on any atom is -0.322 e. The van der Waals surface area contributed by atoms with Crippen LogP contribution in [0, 0.1) is 0 Å². The number of nitrogens with zero attached hydrogens (tertiary/aromatic N) is 3. The molecule has 2 aromatic heterocycles. The van der Waals surface area contributed by atoms with Crippen molar-refractivity contribution in [3.63, 3.8) is 0 Å². The summed E-state index contributed by atoms with van der Waals surface area (Å²) in [6.45, 7) is 0. The van der Waals surface area contributed by atoms with Crippen LogP contribution in [-0.4, -0.2) is 20.7 Å². The van der Waals surface area contributed by atoms with Gasteiger partial charge in [-0.3, -0.25) is 9.78 Å². The summed E-state index contributed by atoms with van der Waals surface area (Å²) in [5, 5.41) is 5.72. The second kappa shape index (κ2) is 7.39. The van der Waals surface area contributed by atoms with Crippen molar-refractivity contribution in [3.05, 3.63) is 70.8 Å². The standard InChI is InChI=1S/C17H9ClF6N4O/c18-10-5-9(7-25-8-10)15(29)26-11-1-3-12(4-2-11)28-14(17(22,23)24)6-13(27-28)16(19,20)21/h1-8H,(H,26,29). The number of alkyl halides is 6. The molecule has 0 radical (unpaired) electrons. The average molecular weight is 435 g/mol. The Kier molecular flexibility index (Phi) is 5.26. The lowest BCUT2D eigenvalue weighted by molar-refractivity contribution is -0.143. The summed E-state index contributed by atoms with van der Waals surface area (Å²) in [6, 6.07) is 5.92. The maximum Gasteiger partial charge on any atom is 0.435 e. The highest BCUT2D eigenvalue weighted by atomic mass is 35.5. The number of halogens is 7. The van der Waals surface area contributed by atoms with Gasteiger partial charge in [-0.2, -0.15) is 31.4 Å². The molecule has 0 aliphatic heterocycles. The van der Waals surface area contributed by atoms with E-state index in [4.69, 9.17) is 11.6 Å². The first-order valence-corrected chi connectivity index (χ1v) is 8.10. The molecule has 152 valence electrons. The molecular formula is C17H9ClF6N4O. The van der Waals surface area contributed by atoms with Gasteiger partial charge in [0.15, 0.2) is 5.69 Å². The first-order valence-electron chi connectivity index (χ1n) is 7.72. The minimum atomic E-state index is -5.05. The molecule has 12 heteroatoms. The van der Waals surface area contributed by atoms with E-state index in [0.29, 0.717) is 0 Å². The quantitative estimate of drug-likeness (QED) is 0.576. The van der Waals surface area contributed by atoms with Gasteiger partial charge in [0.05, 0.1) is 16.3 Å². The Bertz CT molecular complexity index is 1040. The molecule has 1 aromatic carbocycles. The molecule has 0 bridgehead atoms. The van der Waals surface area contributed by atoms with Crippen LogP contribution in [0.15, 0.2) is 48.8 Å². The van der Waals surface area contributed by atoms with E-state index in [2.05, 4.69) is 15.4 Å². The number of carbonyl (C=O) groups is 1. The van der Waals surface area contributed by atoms with Gasteiger partial charge in [-0.25, -0.2) is 4.68 Å². The SMILES string of the molecule is O=C(Nc1ccc(-n2nc(C(F)(F)F)cc2C(F)(F)F)cc1)c1cncc(Cl)c1. The second-order valence-corrected chi connectivity index (χ2v) is 6.15. The molecule has 29 heavy (non-hydrogen) atoms. The van der Waals surface area contributed by atoms with Crippen molar-refractivity contribution in [1.29, 1.82) is 0 Å². The molecule has 0 aliphatic rings. The van der Waals surface area contributed by atoms with Gasteiger partial charge < -0.3 is 5.32 Å². The molecule has 0 aliphatic carbocycles. The lowest BCUT2D eigenvalue weighted by Crippen LogP contribution is -2.14. The number of hydrogen-bond donors (Lipinski definition) is 1. The summed E-state index contributed by atoms with van der Waals surface area (Å²) >= 11 is 5.74. The summed E-state index contributed by atoms with van der Waals surface area (Å²) in [4.78, 5) is 15.9. The molecule has 0 spiro atoms. The van der Waals surface area contributed by atoms with E-state index in [-0.39, 0.29) is 32.7 Å². The van der Waals surface area contributed by atoms with Crippen LogP contribution in [0.5, 0.6) is 0 Å². The zero-order valence-corrected chi connectivity index (χ0v) is 14.8. The first kappa shape index (κ1) is 20.6. The number of amides is 1. The van der Waals surface area contributed by atoms with Crippen molar-refractivity contribution in [2.24, 2.45) is 0 Å². The number of carbonyl (C=O) groups excluding carboxylic acids is 1. The summed E-state index contributed by atoms with van der Waals surface area (Å²) < 4.78 is 77.8. The maximum atomic E-state index is 13.1. The van der Waals surface area contributed by atoms with E-state index in [9.17, 15) is 31.1 Å². The Morgan fingerprint density at radius 3 is 2.17 bits per heavy atom. The van der Waals surface area contributed by atoms with Crippen molar-refractivity contribution in [3.8, 4) is 5.69 Å². The van der Waals surface area contributed by atoms with E-state index in [0.717, 1.165) is 12.1 Å². The van der Waals surface area contributed by atoms with E-state index >= 15 is 0 Å². The highest BCUT2D eigenvalue weighted by molar-refractivity contribution is 6.30. The summed E-state index contributed by atoms with van der Waals surface area (Å²) in [7, 11) is 0. The topological polar surface area (TPSA) is 59.8 Å². The van der Waals surface area contributed by atoms with Crippen LogP contribution < -0.4 is 5.32 Å². The molecule has 0 unspecified atom stereocenters. The number of benzene rings is 1. The molecule has 5 nitrogen and oxygen atoms in total. The van der Waals surface area contributed by atoms with E-state index in [1.807, 2.05) is 0 Å². The van der Waals surface area contributed by atoms with Gasteiger partial charge in [0.25, 0.3) is 5.91 Å². The molecule has 3 rings (SSSR count). The van der Waals surface area contributed by atoms with Crippen molar-refractivity contribution in [1.82, 2.24) is 14.8 Å². The molecule has 1 amide bonds. The van der Waals surface area contributed by atoms with Gasteiger partial charge in [0, 0.05) is 24.1 Å². The van der Waals surface area contributed by atoms with Crippen LogP contribution in [0.25, 0.3) is 5.69 Å². The van der Waals surface area contributed by atoms with Crippen molar-refractivity contribution >= 4 is 23.2 Å². The zero-order valence-electron chi connectivity index (χ0n) is 14.0. The van der Waals surface area contributed by atoms with Crippen LogP contribution in [0.4, 0.5) is 32.0 Å². The van der Waals surface area contributed by atoms with E-state index in [1.54, 1.807) is 0 Å². The van der Waals surface area contributed by atoms with Crippen LogP contribution >= 0.6 is 11.6 Å². The van der Waals surface area contributed by atoms with Gasteiger partial charge >= 0.3 is 12.4 Å². The molecule has 0 fully saturated rings. The largest absolute Gasteiger partial charge is 0.435 e. The monoisotopic (exact) mass is 434 g/mol. The number of rotatable bonds is 3. The third-order valence-electron chi connectivity index (χ3n) is 3.63. The highest BCUT2D eigenvalue weighted by Crippen LogP contribution is 2.36. The van der Waals surface area contributed by atoms with E-state index in [1.165, 1.54) is 30.6 Å². The molecule has 3 aromatic rings. The molecule has 0 atom stereocenters. The van der Waals surface area contributed by atoms with Crippen LogP contribution in [0.1, 0.15) is 21.7 Å². The molecule has 0 saturated heterocycles. The fraction of sp³-hybridized carbons (Fsp3) is 0.118. The van der Waals surface area contributed by atoms with Crippen molar-refractivity contribution in [2.45, 2.75) is 12.4 Å². The van der Waals surface area contributed by atoms with E-state index < -0.39 is 29.6 Å². The number of nitrogens with one attached hydrogen (secondary N) is 1. The fourth-order valence-electron chi connectivity index (χ4n) is 2.34. The number of hydrogen-bond acceptors (Lipinski definition) is 3.